The predicted octanol–water partition coefficient (Wildman–Crippen LogP) is 5.63. The summed E-state index contributed by atoms with van der Waals surface area (Å²) in [4.78, 5) is 13.3. The van der Waals surface area contributed by atoms with E-state index in [1.165, 1.54) is 7.11 Å². The van der Waals surface area contributed by atoms with Crippen molar-refractivity contribution < 1.29 is 33.0 Å². The highest BCUT2D eigenvalue weighted by molar-refractivity contribution is 6.74. The lowest BCUT2D eigenvalue weighted by Crippen LogP contribution is -2.69. The lowest BCUT2D eigenvalue weighted by molar-refractivity contribution is -0.263. The number of hydrogen-bond donors (Lipinski definition) is 1. The Morgan fingerprint density at radius 1 is 0.838 bits per heavy atom. The van der Waals surface area contributed by atoms with Crippen molar-refractivity contribution in [2.24, 2.45) is 0 Å². The molecule has 6 atom stereocenters. The topological polar surface area (TPSA) is 83.5 Å². The largest absolute Gasteiger partial charge is 0.467 e. The molecule has 1 saturated heterocycles. The molecule has 0 spiro atoms. The standard InChI is InChI=1S/C28H50O7Si2/c1-19-21(34-36(10,11)26(2,3)4)22(31-8)23(35-37(12,13)27(5,6)7)24(33-19)28(30,25(29)32-9)20-17-15-14-16-18-20/h14-19,21-24,30H,1-13H3/t19-,21-,22-,23+,24+,28-/m1/s1. The number of esters is 1. The Morgan fingerprint density at radius 3 is 1.70 bits per heavy atom. The summed E-state index contributed by atoms with van der Waals surface area (Å²) in [6.07, 6.45) is -3.40. The number of carbonyl (C=O) groups is 1. The van der Waals surface area contributed by atoms with Crippen molar-refractivity contribution in [3.63, 3.8) is 0 Å². The van der Waals surface area contributed by atoms with E-state index in [0.717, 1.165) is 0 Å². The third kappa shape index (κ3) is 6.40. The van der Waals surface area contributed by atoms with Crippen LogP contribution in [0.5, 0.6) is 0 Å². The van der Waals surface area contributed by atoms with E-state index in [1.54, 1.807) is 31.4 Å². The highest BCUT2D eigenvalue weighted by Gasteiger charge is 2.61. The van der Waals surface area contributed by atoms with E-state index in [0.29, 0.717) is 5.56 Å². The first-order chi connectivity index (χ1) is 16.7. The van der Waals surface area contributed by atoms with Gasteiger partial charge in [0, 0.05) is 7.11 Å². The zero-order valence-corrected chi connectivity index (χ0v) is 27.2. The molecule has 1 aliphatic rings. The van der Waals surface area contributed by atoms with Gasteiger partial charge in [-0.2, -0.15) is 0 Å². The number of aliphatic hydroxyl groups is 1. The fourth-order valence-electron chi connectivity index (χ4n) is 4.19. The van der Waals surface area contributed by atoms with Gasteiger partial charge in [0.15, 0.2) is 16.6 Å². The average molecular weight is 555 g/mol. The van der Waals surface area contributed by atoms with Crippen molar-refractivity contribution in [3.05, 3.63) is 35.9 Å². The van der Waals surface area contributed by atoms with Crippen LogP contribution < -0.4 is 0 Å². The summed E-state index contributed by atoms with van der Waals surface area (Å²) in [7, 11) is -1.77. The number of carbonyl (C=O) groups excluding carboxylic acids is 1. The van der Waals surface area contributed by atoms with Gasteiger partial charge in [-0.1, -0.05) is 71.9 Å². The van der Waals surface area contributed by atoms with Crippen LogP contribution in [0.15, 0.2) is 30.3 Å². The van der Waals surface area contributed by atoms with Crippen LogP contribution in [0.3, 0.4) is 0 Å². The molecule has 1 N–H and O–H groups in total. The van der Waals surface area contributed by atoms with Gasteiger partial charge in [0.05, 0.1) is 19.3 Å². The fourth-order valence-corrected chi connectivity index (χ4v) is 6.84. The van der Waals surface area contributed by atoms with Crippen LogP contribution in [-0.2, 0) is 33.5 Å². The van der Waals surface area contributed by atoms with Crippen molar-refractivity contribution >= 4 is 22.6 Å². The molecule has 212 valence electrons. The van der Waals surface area contributed by atoms with Crippen LogP contribution in [0.1, 0.15) is 54.0 Å². The van der Waals surface area contributed by atoms with E-state index < -0.39 is 58.7 Å². The van der Waals surface area contributed by atoms with E-state index in [9.17, 15) is 9.90 Å². The summed E-state index contributed by atoms with van der Waals surface area (Å²) in [5, 5.41) is 12.0. The molecule has 1 aliphatic heterocycles. The van der Waals surface area contributed by atoms with Gasteiger partial charge >= 0.3 is 5.97 Å². The molecular formula is C28H50O7Si2. The Hall–Kier alpha value is -1.08. The smallest absolute Gasteiger partial charge is 0.345 e. The van der Waals surface area contributed by atoms with Crippen LogP contribution in [0.2, 0.25) is 36.3 Å². The zero-order chi connectivity index (χ0) is 28.6. The van der Waals surface area contributed by atoms with Gasteiger partial charge in [-0.15, -0.1) is 0 Å². The van der Waals surface area contributed by atoms with Crippen molar-refractivity contribution in [2.45, 2.75) is 121 Å². The molecule has 0 bridgehead atoms. The molecule has 2 rings (SSSR count). The Labute approximate surface area is 226 Å². The molecular weight excluding hydrogens is 504 g/mol. The molecule has 1 fully saturated rings. The van der Waals surface area contributed by atoms with E-state index in [4.69, 9.17) is 23.1 Å². The maximum absolute atomic E-state index is 13.3. The van der Waals surface area contributed by atoms with Gasteiger partial charge in [-0.3, -0.25) is 0 Å². The summed E-state index contributed by atoms with van der Waals surface area (Å²) in [6, 6.07) is 8.78. The van der Waals surface area contributed by atoms with Gasteiger partial charge in [-0.25, -0.2) is 4.79 Å². The Kier molecular flexibility index (Phi) is 9.72. The van der Waals surface area contributed by atoms with Crippen LogP contribution in [-0.4, -0.2) is 72.5 Å². The van der Waals surface area contributed by atoms with Crippen LogP contribution >= 0.6 is 0 Å². The molecule has 0 radical (unpaired) electrons. The van der Waals surface area contributed by atoms with Crippen molar-refractivity contribution in [1.82, 2.24) is 0 Å². The van der Waals surface area contributed by atoms with E-state index in [-0.39, 0.29) is 10.1 Å². The summed E-state index contributed by atoms with van der Waals surface area (Å²) >= 11 is 0. The maximum Gasteiger partial charge on any atom is 0.345 e. The monoisotopic (exact) mass is 554 g/mol. The summed E-state index contributed by atoms with van der Waals surface area (Å²) < 4.78 is 31.7. The summed E-state index contributed by atoms with van der Waals surface area (Å²) in [5.41, 5.74) is -1.74. The first kappa shape index (κ1) is 32.1. The van der Waals surface area contributed by atoms with E-state index >= 15 is 0 Å². The third-order valence-corrected chi connectivity index (χ3v) is 17.6. The lowest BCUT2D eigenvalue weighted by Gasteiger charge is -2.54. The second-order valence-corrected chi connectivity index (χ2v) is 22.8. The maximum atomic E-state index is 13.3. The number of benzene rings is 1. The molecule has 0 unspecified atom stereocenters. The molecule has 0 aliphatic carbocycles. The number of rotatable bonds is 8. The second-order valence-electron chi connectivity index (χ2n) is 13.3. The minimum absolute atomic E-state index is 0.0333. The molecule has 7 nitrogen and oxygen atoms in total. The van der Waals surface area contributed by atoms with Gasteiger partial charge in [0.25, 0.3) is 0 Å². The number of methoxy groups -OCH3 is 2. The van der Waals surface area contributed by atoms with E-state index in [1.807, 2.05) is 13.0 Å². The third-order valence-electron chi connectivity index (χ3n) is 8.64. The summed E-state index contributed by atoms with van der Waals surface area (Å²) in [6.45, 7) is 23.6. The normalized spacial score (nSPS) is 27.5. The quantitative estimate of drug-likeness (QED) is 0.329. The van der Waals surface area contributed by atoms with Gasteiger partial charge in [0.1, 0.15) is 18.3 Å². The molecule has 9 heteroatoms. The highest BCUT2D eigenvalue weighted by Crippen LogP contribution is 2.46. The molecule has 0 saturated carbocycles. The van der Waals surface area contributed by atoms with Crippen LogP contribution in [0.4, 0.5) is 0 Å². The molecule has 0 amide bonds. The Morgan fingerprint density at radius 2 is 1.30 bits per heavy atom. The van der Waals surface area contributed by atoms with Crippen molar-refractivity contribution in [3.8, 4) is 0 Å². The van der Waals surface area contributed by atoms with Crippen molar-refractivity contribution in [2.75, 3.05) is 14.2 Å². The predicted molar refractivity (Wildman–Crippen MR) is 152 cm³/mol. The number of hydrogen-bond acceptors (Lipinski definition) is 7. The molecule has 0 aromatic heterocycles. The molecule has 1 aromatic rings. The minimum Gasteiger partial charge on any atom is -0.467 e. The van der Waals surface area contributed by atoms with Gasteiger partial charge < -0.3 is 28.2 Å². The van der Waals surface area contributed by atoms with Gasteiger partial charge in [-0.05, 0) is 48.8 Å². The first-order valence-electron chi connectivity index (χ1n) is 13.1. The van der Waals surface area contributed by atoms with Gasteiger partial charge in [0.2, 0.25) is 5.60 Å². The molecule has 1 aromatic carbocycles. The van der Waals surface area contributed by atoms with Crippen LogP contribution in [0.25, 0.3) is 0 Å². The summed E-state index contributed by atoms with van der Waals surface area (Å²) in [5.74, 6) is -0.807. The lowest BCUT2D eigenvalue weighted by atomic mass is 9.80. The van der Waals surface area contributed by atoms with Crippen LogP contribution in [0, 0.1) is 0 Å². The minimum atomic E-state index is -2.43. The zero-order valence-electron chi connectivity index (χ0n) is 25.2. The second kappa shape index (κ2) is 11.2. The highest BCUT2D eigenvalue weighted by atomic mass is 28.4. The van der Waals surface area contributed by atoms with E-state index in [2.05, 4.69) is 67.7 Å². The first-order valence-corrected chi connectivity index (χ1v) is 19.0. The molecule has 37 heavy (non-hydrogen) atoms. The number of ether oxygens (including phenoxy) is 3. The Balaban J connectivity index is 2.72. The fraction of sp³-hybridized carbons (Fsp3) is 0.750. The molecule has 1 heterocycles. The van der Waals surface area contributed by atoms with Crippen molar-refractivity contribution in [1.29, 1.82) is 0 Å². The Bertz CT molecular complexity index is 907. The average Bonchev–Trinajstić information content (AvgIpc) is 2.78. The SMILES string of the molecule is COC(=O)[C@@](O)(c1ccccc1)[C@H]1O[C@H](C)[C@@H](O[Si](C)(C)C(C)(C)C)[C@@H](OC)[C@@H]1O[Si](C)(C)C(C)(C)C.